The summed E-state index contributed by atoms with van der Waals surface area (Å²) in [6.07, 6.45) is 2.05. The number of benzene rings is 1. The topological polar surface area (TPSA) is 18.5 Å². The van der Waals surface area contributed by atoms with Gasteiger partial charge in [-0.1, -0.05) is 0 Å². The predicted octanol–water partition coefficient (Wildman–Crippen LogP) is 2.06. The molecule has 0 atom stereocenters. The molecule has 0 fully saturated rings. The van der Waals surface area contributed by atoms with Crippen LogP contribution in [0.5, 0.6) is 11.5 Å². The zero-order valence-corrected chi connectivity index (χ0v) is 9.88. The Kier molecular flexibility index (Phi) is 5.68. The monoisotopic (exact) mass is 200 g/mol. The fourth-order valence-electron chi connectivity index (χ4n) is 1.26. The van der Waals surface area contributed by atoms with Gasteiger partial charge < -0.3 is 0 Å². The summed E-state index contributed by atoms with van der Waals surface area (Å²) >= 11 is 2.05. The van der Waals surface area contributed by atoms with Crippen molar-refractivity contribution in [3.05, 3.63) is 18.2 Å². The van der Waals surface area contributed by atoms with E-state index in [-0.39, 0.29) is 0 Å². The number of rotatable bonds is 6. The summed E-state index contributed by atoms with van der Waals surface area (Å²) in [4.78, 5) is 0. The summed E-state index contributed by atoms with van der Waals surface area (Å²) in [5, 5.41) is 0. The van der Waals surface area contributed by atoms with Crippen LogP contribution in [0.4, 0.5) is 0 Å². The molecule has 0 N–H and O–H groups in total. The molecule has 15 heavy (non-hydrogen) atoms. The molecule has 0 aliphatic heterocycles. The van der Waals surface area contributed by atoms with Gasteiger partial charge in [0.05, 0.1) is 0 Å². The Balaban J connectivity index is 2.66. The maximum absolute atomic E-state index is 5.63. The van der Waals surface area contributed by atoms with Crippen LogP contribution in [0.3, 0.4) is 0 Å². The van der Waals surface area contributed by atoms with Crippen molar-refractivity contribution in [3.63, 3.8) is 0 Å². The first-order valence-electron chi connectivity index (χ1n) is 5.64. The van der Waals surface area contributed by atoms with E-state index in [1.807, 2.05) is 18.2 Å². The van der Waals surface area contributed by atoms with Crippen LogP contribution in [0.2, 0.25) is 0 Å². The van der Waals surface area contributed by atoms with Crippen LogP contribution in [0, 0.1) is 0 Å². The molecular formula is C12H17LiO2. The average Bonchev–Trinajstić information content (AvgIpc) is 2.26. The van der Waals surface area contributed by atoms with Gasteiger partial charge in [-0.05, 0) is 0 Å². The number of hydrogen-bond donors (Lipinski definition) is 0. The van der Waals surface area contributed by atoms with Crippen molar-refractivity contribution in [2.45, 2.75) is 26.7 Å². The van der Waals surface area contributed by atoms with Crippen molar-refractivity contribution in [2.24, 2.45) is 0 Å². The molecule has 0 aliphatic rings. The summed E-state index contributed by atoms with van der Waals surface area (Å²) in [5.74, 6) is 1.83. The minimum atomic E-state index is 0.760. The van der Waals surface area contributed by atoms with E-state index in [0.717, 1.165) is 41.8 Å². The van der Waals surface area contributed by atoms with Crippen molar-refractivity contribution < 1.29 is 9.47 Å². The van der Waals surface area contributed by atoms with Gasteiger partial charge in [0.25, 0.3) is 0 Å². The Morgan fingerprint density at radius 1 is 1.07 bits per heavy atom. The maximum atomic E-state index is 5.63. The molecule has 2 nitrogen and oxygen atoms in total. The SMILES string of the molecule is [Li][c]1ccc(OCCC)cc1OCCC. The first kappa shape index (κ1) is 12.5. The molecule has 1 aromatic rings. The molecule has 0 bridgehead atoms. The Morgan fingerprint density at radius 3 is 2.40 bits per heavy atom. The van der Waals surface area contributed by atoms with Gasteiger partial charge >= 0.3 is 101 Å². The van der Waals surface area contributed by atoms with Crippen LogP contribution in [0.1, 0.15) is 26.7 Å². The van der Waals surface area contributed by atoms with Gasteiger partial charge in [-0.15, -0.1) is 0 Å². The zero-order valence-electron chi connectivity index (χ0n) is 9.88. The van der Waals surface area contributed by atoms with Gasteiger partial charge in [0.2, 0.25) is 0 Å². The quantitative estimate of drug-likeness (QED) is 0.654. The molecule has 0 saturated heterocycles. The van der Waals surface area contributed by atoms with Crippen LogP contribution < -0.4 is 13.7 Å². The third-order valence-electron chi connectivity index (χ3n) is 2.09. The Bertz CT molecular complexity index is 300. The Morgan fingerprint density at radius 2 is 1.73 bits per heavy atom. The molecule has 3 heteroatoms. The third kappa shape index (κ3) is 4.20. The number of ether oxygens (including phenoxy) is 2. The molecule has 0 heterocycles. The summed E-state index contributed by atoms with van der Waals surface area (Å²) in [6.45, 7) is 5.73. The summed E-state index contributed by atoms with van der Waals surface area (Å²) in [7, 11) is 0. The Hall–Kier alpha value is -0.583. The van der Waals surface area contributed by atoms with E-state index in [2.05, 4.69) is 31.6 Å². The van der Waals surface area contributed by atoms with Crippen LogP contribution in [0.25, 0.3) is 0 Å². The molecule has 0 amide bonds. The first-order chi connectivity index (χ1) is 7.27. The minimum absolute atomic E-state index is 0.760. The van der Waals surface area contributed by atoms with E-state index in [0.29, 0.717) is 0 Å². The molecule has 0 spiro atoms. The van der Waals surface area contributed by atoms with E-state index in [4.69, 9.17) is 9.47 Å². The molecule has 0 unspecified atom stereocenters. The van der Waals surface area contributed by atoms with E-state index in [9.17, 15) is 0 Å². The van der Waals surface area contributed by atoms with Gasteiger partial charge in [-0.3, -0.25) is 0 Å². The van der Waals surface area contributed by atoms with Crippen molar-refractivity contribution in [3.8, 4) is 11.5 Å². The van der Waals surface area contributed by atoms with Gasteiger partial charge in [0, 0.05) is 0 Å². The van der Waals surface area contributed by atoms with Crippen LogP contribution in [-0.2, 0) is 0 Å². The second-order valence-electron chi connectivity index (χ2n) is 3.62. The van der Waals surface area contributed by atoms with Crippen LogP contribution in [0.15, 0.2) is 18.2 Å². The molecule has 0 saturated carbocycles. The fraction of sp³-hybridized carbons (Fsp3) is 0.500. The molecule has 1 aromatic carbocycles. The molecule has 0 aliphatic carbocycles. The van der Waals surface area contributed by atoms with E-state index >= 15 is 0 Å². The van der Waals surface area contributed by atoms with Gasteiger partial charge in [0.1, 0.15) is 0 Å². The van der Waals surface area contributed by atoms with E-state index in [1.165, 1.54) is 0 Å². The first-order valence-corrected chi connectivity index (χ1v) is 5.64. The van der Waals surface area contributed by atoms with Crippen LogP contribution in [-0.4, -0.2) is 30.9 Å². The standard InChI is InChI=1S/C12H17O2.Li/c1-3-8-13-11-6-5-7-12(10-11)14-9-4-2;/h5-6,10H,3-4,8-9H2,1-2H3;. The molecule has 0 radical (unpaired) electrons. The van der Waals surface area contributed by atoms with E-state index in [1.54, 1.807) is 0 Å². The Labute approximate surface area is 101 Å². The zero-order chi connectivity index (χ0) is 11.1. The molecule has 0 aromatic heterocycles. The summed E-state index contributed by atoms with van der Waals surface area (Å²) in [6, 6.07) is 6.00. The normalized spacial score (nSPS) is 10.1. The molecule has 78 valence electrons. The number of hydrogen-bond acceptors (Lipinski definition) is 2. The summed E-state index contributed by atoms with van der Waals surface area (Å²) < 4.78 is 12.3. The predicted molar refractivity (Wildman–Crippen MR) is 63.4 cm³/mol. The fourth-order valence-corrected chi connectivity index (χ4v) is 1.26. The van der Waals surface area contributed by atoms with Crippen LogP contribution >= 0.6 is 0 Å². The van der Waals surface area contributed by atoms with Crippen molar-refractivity contribution in [2.75, 3.05) is 13.2 Å². The average molecular weight is 200 g/mol. The van der Waals surface area contributed by atoms with Gasteiger partial charge in [-0.2, -0.15) is 0 Å². The second-order valence-corrected chi connectivity index (χ2v) is 3.62. The summed E-state index contributed by atoms with van der Waals surface area (Å²) in [5.41, 5.74) is 0. The van der Waals surface area contributed by atoms with E-state index < -0.39 is 0 Å². The molecular weight excluding hydrogens is 183 g/mol. The molecule has 1 rings (SSSR count). The van der Waals surface area contributed by atoms with Crippen molar-refractivity contribution in [1.82, 2.24) is 0 Å². The third-order valence-corrected chi connectivity index (χ3v) is 2.09. The van der Waals surface area contributed by atoms with Crippen molar-refractivity contribution in [1.29, 1.82) is 0 Å². The second kappa shape index (κ2) is 6.82. The van der Waals surface area contributed by atoms with Gasteiger partial charge in [-0.25, -0.2) is 0 Å². The van der Waals surface area contributed by atoms with Gasteiger partial charge in [0.15, 0.2) is 0 Å². The van der Waals surface area contributed by atoms with Crippen molar-refractivity contribution >= 4 is 22.0 Å².